The monoisotopic (exact) mass is 199 g/mol. The molecule has 0 spiro atoms. The maximum absolute atomic E-state index is 11.7. The van der Waals surface area contributed by atoms with Crippen LogP contribution in [-0.4, -0.2) is 34.1 Å². The van der Waals surface area contributed by atoms with E-state index in [-0.39, 0.29) is 11.4 Å². The molecule has 0 aliphatic carbocycles. The number of hydrogen-bond donors (Lipinski definition) is 1. The molecule has 0 bridgehead atoms. The first-order valence-corrected chi connectivity index (χ1v) is 5.39. The zero-order valence-electron chi connectivity index (χ0n) is 9.58. The number of likely N-dealkylation sites (tertiary alicyclic amines) is 1. The van der Waals surface area contributed by atoms with Crippen LogP contribution in [0.15, 0.2) is 0 Å². The molecule has 3 heteroatoms. The molecule has 2 atom stereocenters. The van der Waals surface area contributed by atoms with Gasteiger partial charge in [-0.3, -0.25) is 4.79 Å². The van der Waals surface area contributed by atoms with E-state index in [2.05, 4.69) is 20.8 Å². The van der Waals surface area contributed by atoms with Gasteiger partial charge in [-0.15, -0.1) is 0 Å². The molecule has 1 aliphatic rings. The molecule has 1 N–H and O–H groups in total. The zero-order chi connectivity index (χ0) is 10.9. The van der Waals surface area contributed by atoms with Gasteiger partial charge in [-0.1, -0.05) is 13.8 Å². The summed E-state index contributed by atoms with van der Waals surface area (Å²) in [4.78, 5) is 13.6. The molecule has 0 unspecified atom stereocenters. The minimum absolute atomic E-state index is 0.0614. The van der Waals surface area contributed by atoms with Crippen molar-refractivity contribution in [2.75, 3.05) is 6.54 Å². The van der Waals surface area contributed by atoms with E-state index in [1.54, 1.807) is 6.92 Å². The SMILES string of the molecule is CC(C)[C@]1(C)CCCN1C(=O)[C@H](C)O. The van der Waals surface area contributed by atoms with Crippen LogP contribution in [0.1, 0.15) is 40.5 Å². The first kappa shape index (κ1) is 11.5. The van der Waals surface area contributed by atoms with E-state index >= 15 is 0 Å². The largest absolute Gasteiger partial charge is 0.384 e. The second-order valence-corrected chi connectivity index (χ2v) is 4.78. The van der Waals surface area contributed by atoms with Crippen molar-refractivity contribution >= 4 is 5.91 Å². The number of aliphatic hydroxyl groups excluding tert-OH is 1. The topological polar surface area (TPSA) is 40.5 Å². The van der Waals surface area contributed by atoms with Crippen molar-refractivity contribution in [2.45, 2.75) is 52.2 Å². The summed E-state index contributed by atoms with van der Waals surface area (Å²) in [5.41, 5.74) is -0.0614. The Balaban J connectivity index is 2.83. The third kappa shape index (κ3) is 1.78. The standard InChI is InChI=1S/C11H21NO2/c1-8(2)11(4)6-5-7-12(11)10(14)9(3)13/h8-9,13H,5-7H2,1-4H3/t9-,11-/m0/s1. The summed E-state index contributed by atoms with van der Waals surface area (Å²) in [5, 5.41) is 9.30. The molecule has 3 nitrogen and oxygen atoms in total. The molecule has 1 aliphatic heterocycles. The van der Waals surface area contributed by atoms with E-state index in [0.29, 0.717) is 5.92 Å². The number of hydrogen-bond acceptors (Lipinski definition) is 2. The summed E-state index contributed by atoms with van der Waals surface area (Å²) < 4.78 is 0. The lowest BCUT2D eigenvalue weighted by molar-refractivity contribution is -0.144. The van der Waals surface area contributed by atoms with E-state index < -0.39 is 6.10 Å². The molecule has 82 valence electrons. The molecule has 1 saturated heterocycles. The predicted octanol–water partition coefficient (Wildman–Crippen LogP) is 1.40. The molecule has 0 radical (unpaired) electrons. The van der Waals surface area contributed by atoms with E-state index in [0.717, 1.165) is 19.4 Å². The van der Waals surface area contributed by atoms with Gasteiger partial charge in [0.15, 0.2) is 0 Å². The first-order valence-electron chi connectivity index (χ1n) is 5.39. The summed E-state index contributed by atoms with van der Waals surface area (Å²) in [6.45, 7) is 8.71. The minimum Gasteiger partial charge on any atom is -0.384 e. The highest BCUT2D eigenvalue weighted by atomic mass is 16.3. The fourth-order valence-electron chi connectivity index (χ4n) is 2.17. The predicted molar refractivity (Wildman–Crippen MR) is 55.9 cm³/mol. The van der Waals surface area contributed by atoms with Crippen LogP contribution in [0.4, 0.5) is 0 Å². The molecule has 0 saturated carbocycles. The van der Waals surface area contributed by atoms with Crippen LogP contribution in [0.25, 0.3) is 0 Å². The van der Waals surface area contributed by atoms with Crippen molar-refractivity contribution in [1.29, 1.82) is 0 Å². The molecule has 1 fully saturated rings. The van der Waals surface area contributed by atoms with Gasteiger partial charge in [0.2, 0.25) is 0 Å². The van der Waals surface area contributed by atoms with E-state index in [9.17, 15) is 9.90 Å². The van der Waals surface area contributed by atoms with Crippen molar-refractivity contribution in [3.8, 4) is 0 Å². The lowest BCUT2D eigenvalue weighted by Gasteiger charge is -2.39. The third-order valence-electron chi connectivity index (χ3n) is 3.55. The molecule has 14 heavy (non-hydrogen) atoms. The summed E-state index contributed by atoms with van der Waals surface area (Å²) in [5.74, 6) is 0.311. The molecule has 1 heterocycles. The van der Waals surface area contributed by atoms with Crippen molar-refractivity contribution in [3.05, 3.63) is 0 Å². The quantitative estimate of drug-likeness (QED) is 0.730. The maximum atomic E-state index is 11.7. The maximum Gasteiger partial charge on any atom is 0.251 e. The fraction of sp³-hybridized carbons (Fsp3) is 0.909. The Bertz CT molecular complexity index is 225. The van der Waals surface area contributed by atoms with Crippen LogP contribution in [-0.2, 0) is 4.79 Å². The lowest BCUT2D eigenvalue weighted by Crippen LogP contribution is -2.51. The highest BCUT2D eigenvalue weighted by Gasteiger charge is 2.42. The summed E-state index contributed by atoms with van der Waals surface area (Å²) in [6.07, 6.45) is 1.22. The molecular formula is C11H21NO2. The smallest absolute Gasteiger partial charge is 0.251 e. The van der Waals surface area contributed by atoms with Gasteiger partial charge in [-0.05, 0) is 32.6 Å². The number of rotatable bonds is 2. The van der Waals surface area contributed by atoms with Crippen molar-refractivity contribution in [3.63, 3.8) is 0 Å². The van der Waals surface area contributed by atoms with Gasteiger partial charge in [-0.25, -0.2) is 0 Å². The van der Waals surface area contributed by atoms with Gasteiger partial charge in [0.05, 0.1) is 0 Å². The average molecular weight is 199 g/mol. The molecule has 0 aromatic heterocycles. The normalized spacial score (nSPS) is 29.7. The second kappa shape index (κ2) is 3.89. The second-order valence-electron chi connectivity index (χ2n) is 4.78. The molecular weight excluding hydrogens is 178 g/mol. The van der Waals surface area contributed by atoms with Crippen LogP contribution in [0, 0.1) is 5.92 Å². The Hall–Kier alpha value is -0.570. The number of carbonyl (C=O) groups excluding carboxylic acids is 1. The lowest BCUT2D eigenvalue weighted by atomic mass is 9.86. The third-order valence-corrected chi connectivity index (χ3v) is 3.55. The van der Waals surface area contributed by atoms with Gasteiger partial charge in [0.1, 0.15) is 6.10 Å². The summed E-state index contributed by atoms with van der Waals surface area (Å²) >= 11 is 0. The number of amides is 1. The highest BCUT2D eigenvalue weighted by molar-refractivity contribution is 5.81. The van der Waals surface area contributed by atoms with Gasteiger partial charge in [-0.2, -0.15) is 0 Å². The van der Waals surface area contributed by atoms with Crippen molar-refractivity contribution in [1.82, 2.24) is 4.90 Å². The van der Waals surface area contributed by atoms with Crippen molar-refractivity contribution < 1.29 is 9.90 Å². The van der Waals surface area contributed by atoms with Gasteiger partial charge < -0.3 is 10.0 Å². The Morgan fingerprint density at radius 1 is 1.43 bits per heavy atom. The van der Waals surface area contributed by atoms with E-state index in [4.69, 9.17) is 0 Å². The average Bonchev–Trinajstić information content (AvgIpc) is 2.47. The molecule has 1 rings (SSSR count). The Labute approximate surface area is 86.1 Å². The molecule has 0 aromatic carbocycles. The molecule has 0 aromatic rings. The zero-order valence-corrected chi connectivity index (χ0v) is 9.58. The van der Waals surface area contributed by atoms with Crippen LogP contribution >= 0.6 is 0 Å². The van der Waals surface area contributed by atoms with Crippen molar-refractivity contribution in [2.24, 2.45) is 5.92 Å². The number of carbonyl (C=O) groups is 1. The highest BCUT2D eigenvalue weighted by Crippen LogP contribution is 2.35. The van der Waals surface area contributed by atoms with Crippen LogP contribution < -0.4 is 0 Å². The van der Waals surface area contributed by atoms with Crippen LogP contribution in [0.5, 0.6) is 0 Å². The molecule has 1 amide bonds. The Kier molecular flexibility index (Phi) is 3.20. The Morgan fingerprint density at radius 3 is 2.43 bits per heavy atom. The minimum atomic E-state index is -0.869. The fourth-order valence-corrected chi connectivity index (χ4v) is 2.17. The van der Waals surface area contributed by atoms with Gasteiger partial charge >= 0.3 is 0 Å². The Morgan fingerprint density at radius 2 is 2.00 bits per heavy atom. The van der Waals surface area contributed by atoms with Gasteiger partial charge in [0, 0.05) is 12.1 Å². The summed E-state index contributed by atoms with van der Waals surface area (Å²) in [7, 11) is 0. The first-order chi connectivity index (χ1) is 6.39. The van der Waals surface area contributed by atoms with E-state index in [1.165, 1.54) is 0 Å². The van der Waals surface area contributed by atoms with Crippen LogP contribution in [0.2, 0.25) is 0 Å². The summed E-state index contributed by atoms with van der Waals surface area (Å²) in [6, 6.07) is 0. The number of aliphatic hydroxyl groups is 1. The number of nitrogens with zero attached hydrogens (tertiary/aromatic N) is 1. The van der Waals surface area contributed by atoms with E-state index in [1.807, 2.05) is 4.90 Å². The van der Waals surface area contributed by atoms with Crippen LogP contribution in [0.3, 0.4) is 0 Å². The van der Waals surface area contributed by atoms with Gasteiger partial charge in [0.25, 0.3) is 5.91 Å².